The Morgan fingerprint density at radius 1 is 1.16 bits per heavy atom. The Bertz CT molecular complexity index is 825. The van der Waals surface area contributed by atoms with Gasteiger partial charge in [0.2, 0.25) is 5.12 Å². The smallest absolute Gasteiger partial charge is 0.416 e. The molecule has 25 heavy (non-hydrogen) atoms. The molecule has 0 heterocycles. The highest BCUT2D eigenvalue weighted by atomic mass is 35.5. The minimum Gasteiger partial charge on any atom is -0.456 e. The molecule has 0 unspecified atom stereocenters. The molecule has 0 radical (unpaired) electrons. The summed E-state index contributed by atoms with van der Waals surface area (Å²) in [6.45, 7) is 0. The number of hydrogen-bond donors (Lipinski definition) is 0. The molecule has 0 atom stereocenters. The number of carbonyl (C=O) groups excluding carboxylic acids is 1. The molecule has 0 aliphatic carbocycles. The van der Waals surface area contributed by atoms with Crippen LogP contribution in [0.4, 0.5) is 13.2 Å². The maximum absolute atomic E-state index is 12.6. The molecule has 2 aromatic carbocycles. The van der Waals surface area contributed by atoms with Crippen LogP contribution in [-0.2, 0) is 6.18 Å². The Balaban J connectivity index is 2.29. The summed E-state index contributed by atoms with van der Waals surface area (Å²) in [5.41, 5.74) is -0.670. The van der Waals surface area contributed by atoms with Crippen molar-refractivity contribution in [3.8, 4) is 11.5 Å². The Morgan fingerprint density at radius 3 is 2.40 bits per heavy atom. The van der Waals surface area contributed by atoms with Gasteiger partial charge in [-0.25, -0.2) is 0 Å². The lowest BCUT2D eigenvalue weighted by molar-refractivity contribution is -0.137. The van der Waals surface area contributed by atoms with Crippen LogP contribution in [0.2, 0.25) is 5.02 Å². The lowest BCUT2D eigenvalue weighted by Gasteiger charge is -2.19. The van der Waals surface area contributed by atoms with Gasteiger partial charge in [-0.1, -0.05) is 23.7 Å². The van der Waals surface area contributed by atoms with Crippen LogP contribution in [0.25, 0.3) is 0 Å². The largest absolute Gasteiger partial charge is 0.456 e. The second-order valence-corrected chi connectivity index (χ2v) is 8.88. The summed E-state index contributed by atoms with van der Waals surface area (Å²) >= 11 is 5.84. The molecule has 4 nitrogen and oxygen atoms in total. The third-order valence-corrected chi connectivity index (χ3v) is 5.01. The van der Waals surface area contributed by atoms with Crippen molar-refractivity contribution in [2.75, 3.05) is 12.5 Å². The Labute approximate surface area is 148 Å². The van der Waals surface area contributed by atoms with E-state index in [0.29, 0.717) is 0 Å². The normalized spacial score (nSPS) is 12.6. The van der Waals surface area contributed by atoms with Gasteiger partial charge in [0.15, 0.2) is 0 Å². The Kier molecular flexibility index (Phi) is 5.43. The van der Waals surface area contributed by atoms with E-state index in [1.807, 2.05) is 0 Å². The average molecular weight is 392 g/mol. The van der Waals surface area contributed by atoms with E-state index in [-0.39, 0.29) is 22.1 Å². The number of hydrogen-bond acceptors (Lipinski definition) is 4. The fourth-order valence-corrected chi connectivity index (χ4v) is 2.89. The van der Waals surface area contributed by atoms with E-state index in [1.165, 1.54) is 36.8 Å². The zero-order valence-corrected chi connectivity index (χ0v) is 14.7. The maximum atomic E-state index is 12.6. The summed E-state index contributed by atoms with van der Waals surface area (Å²) in [5, 5.41) is -0.640. The molecule has 0 bridgehead atoms. The average Bonchev–Trinajstić information content (AvgIpc) is 2.55. The van der Waals surface area contributed by atoms with Gasteiger partial charge in [-0.15, -0.1) is 4.91 Å². The molecular formula is C16H13ClF3NO3S. The molecule has 0 saturated carbocycles. The number of nitroso groups, excluding NO2 is 1. The summed E-state index contributed by atoms with van der Waals surface area (Å²) in [6.07, 6.45) is -1.59. The van der Waals surface area contributed by atoms with Crippen molar-refractivity contribution in [1.29, 1.82) is 0 Å². The van der Waals surface area contributed by atoms with Crippen LogP contribution in [0.3, 0.4) is 0 Å². The highest BCUT2D eigenvalue weighted by Gasteiger charge is 2.31. The van der Waals surface area contributed by atoms with Gasteiger partial charge in [-0.2, -0.15) is 13.2 Å². The molecular weight excluding hydrogens is 379 g/mol. The van der Waals surface area contributed by atoms with Crippen molar-refractivity contribution >= 4 is 26.9 Å². The fraction of sp³-hybridized carbons (Fsp3) is 0.188. The number of carbonyl (C=O) groups is 1. The molecule has 0 spiro atoms. The predicted octanol–water partition coefficient (Wildman–Crippen LogP) is 6.04. The van der Waals surface area contributed by atoms with E-state index < -0.39 is 27.1 Å². The second-order valence-electron chi connectivity index (χ2n) is 5.41. The maximum Gasteiger partial charge on any atom is 0.416 e. The van der Waals surface area contributed by atoms with Crippen molar-refractivity contribution in [1.82, 2.24) is 0 Å². The zero-order valence-electron chi connectivity index (χ0n) is 13.1. The summed E-state index contributed by atoms with van der Waals surface area (Å²) in [6, 6.07) is 8.64. The van der Waals surface area contributed by atoms with Crippen LogP contribution >= 0.6 is 21.8 Å². The Morgan fingerprint density at radius 2 is 1.84 bits per heavy atom. The number of nitrogens with zero attached hydrogens (tertiary/aromatic N) is 1. The Hall–Kier alpha value is -2.06. The van der Waals surface area contributed by atoms with Crippen molar-refractivity contribution in [3.63, 3.8) is 0 Å². The van der Waals surface area contributed by atoms with E-state index in [0.717, 1.165) is 18.2 Å². The van der Waals surface area contributed by atoms with E-state index in [4.69, 9.17) is 16.3 Å². The van der Waals surface area contributed by atoms with Crippen LogP contribution in [0.5, 0.6) is 11.5 Å². The zero-order chi connectivity index (χ0) is 18.8. The van der Waals surface area contributed by atoms with Crippen LogP contribution < -0.4 is 4.74 Å². The third-order valence-electron chi connectivity index (χ3n) is 3.20. The minimum absolute atomic E-state index is 0.0133. The van der Waals surface area contributed by atoms with Crippen molar-refractivity contribution in [3.05, 3.63) is 63.5 Å². The molecule has 9 heteroatoms. The highest BCUT2D eigenvalue weighted by molar-refractivity contribution is 8.43. The first-order chi connectivity index (χ1) is 11.5. The van der Waals surface area contributed by atoms with Crippen molar-refractivity contribution < 1.29 is 22.7 Å². The molecule has 2 aromatic rings. The van der Waals surface area contributed by atoms with Crippen LogP contribution in [0.15, 0.2) is 47.0 Å². The first kappa shape index (κ1) is 19.3. The molecule has 0 saturated heterocycles. The third kappa shape index (κ3) is 4.52. The standard InChI is InChI=1S/C16H13ClF3NO3S/c1-25(2,21-23)15(22)10-4-3-5-12(8-10)24-14-7-6-11(9-13(14)17)16(18,19)20/h3-9H,1-2H3. The lowest BCUT2D eigenvalue weighted by atomic mass is 10.2. The van der Waals surface area contributed by atoms with Gasteiger partial charge >= 0.3 is 6.18 Å². The van der Waals surface area contributed by atoms with Crippen LogP contribution in [0, 0.1) is 4.91 Å². The number of alkyl halides is 3. The molecule has 0 aromatic heterocycles. The first-order valence-electron chi connectivity index (χ1n) is 6.81. The van der Waals surface area contributed by atoms with Gasteiger partial charge in [0, 0.05) is 5.56 Å². The lowest BCUT2D eigenvalue weighted by Crippen LogP contribution is -2.07. The monoisotopic (exact) mass is 391 g/mol. The summed E-state index contributed by atoms with van der Waals surface area (Å²) < 4.78 is 46.3. The van der Waals surface area contributed by atoms with E-state index in [2.05, 4.69) is 4.58 Å². The second kappa shape index (κ2) is 7.05. The van der Waals surface area contributed by atoms with Gasteiger partial charge in [0.25, 0.3) is 0 Å². The van der Waals surface area contributed by atoms with Gasteiger partial charge in [0.05, 0.1) is 10.6 Å². The highest BCUT2D eigenvalue weighted by Crippen LogP contribution is 2.45. The van der Waals surface area contributed by atoms with Crippen molar-refractivity contribution in [2.24, 2.45) is 4.58 Å². The topological polar surface area (TPSA) is 55.7 Å². The fourth-order valence-electron chi connectivity index (χ4n) is 1.90. The molecule has 0 aliphatic heterocycles. The molecule has 134 valence electrons. The number of ether oxygens (including phenoxy) is 1. The van der Waals surface area contributed by atoms with Gasteiger partial charge < -0.3 is 4.74 Å². The predicted molar refractivity (Wildman–Crippen MR) is 92.5 cm³/mol. The summed E-state index contributed by atoms with van der Waals surface area (Å²) in [5.74, 6) is 0.216. The first-order valence-corrected chi connectivity index (χ1v) is 9.60. The molecule has 0 amide bonds. The molecule has 0 N–H and O–H groups in total. The number of halogens is 4. The van der Waals surface area contributed by atoms with Gasteiger partial charge in [0.1, 0.15) is 11.5 Å². The number of rotatable bonds is 4. The van der Waals surface area contributed by atoms with Crippen molar-refractivity contribution in [2.45, 2.75) is 6.18 Å². The van der Waals surface area contributed by atoms with Crippen LogP contribution in [0.1, 0.15) is 15.9 Å². The van der Waals surface area contributed by atoms with E-state index >= 15 is 0 Å². The molecule has 0 fully saturated rings. The molecule has 0 aliphatic rings. The van der Waals surface area contributed by atoms with Gasteiger partial charge in [-0.05, 0) is 57.6 Å². The van der Waals surface area contributed by atoms with Gasteiger partial charge in [-0.3, -0.25) is 4.79 Å². The number of benzene rings is 2. The molecule has 2 rings (SSSR count). The quantitative estimate of drug-likeness (QED) is 0.597. The summed E-state index contributed by atoms with van der Waals surface area (Å²) in [7, 11) is -2.35. The SMILES string of the molecule is CS(C)(N=O)C(=O)c1cccc(Oc2ccc(C(F)(F)F)cc2Cl)c1. The van der Waals surface area contributed by atoms with E-state index in [9.17, 15) is 22.9 Å². The summed E-state index contributed by atoms with van der Waals surface area (Å²) in [4.78, 5) is 23.1. The van der Waals surface area contributed by atoms with Crippen LogP contribution in [-0.4, -0.2) is 17.6 Å². The van der Waals surface area contributed by atoms with E-state index in [1.54, 1.807) is 0 Å². The minimum atomic E-state index is -4.51.